The van der Waals surface area contributed by atoms with Gasteiger partial charge in [0.1, 0.15) is 49.3 Å². The number of hydrogen-bond acceptors (Lipinski definition) is 11. The van der Waals surface area contributed by atoms with E-state index >= 15 is 0 Å². The number of hydrogen-bond donors (Lipinski definition) is 8. The molecule has 0 aromatic heterocycles. The molecule has 2 aliphatic heterocycles. The lowest BCUT2D eigenvalue weighted by Gasteiger charge is -2.47. The van der Waals surface area contributed by atoms with Gasteiger partial charge in [0, 0.05) is 0 Å². The monoisotopic (exact) mass is 342 g/mol. The van der Waals surface area contributed by atoms with Crippen LogP contribution in [0.5, 0.6) is 0 Å². The average Bonchev–Trinajstić information content (AvgIpc) is 2.53. The molecule has 0 spiro atoms. The van der Waals surface area contributed by atoms with Gasteiger partial charge >= 0.3 is 0 Å². The molecule has 9 atom stereocenters. The van der Waals surface area contributed by atoms with Gasteiger partial charge in [0.15, 0.2) is 6.29 Å². The summed E-state index contributed by atoms with van der Waals surface area (Å²) < 4.78 is 15.0. The van der Waals surface area contributed by atoms with Crippen LogP contribution in [0, 0.1) is 0 Å². The van der Waals surface area contributed by atoms with Gasteiger partial charge in [0.25, 0.3) is 0 Å². The highest BCUT2D eigenvalue weighted by Gasteiger charge is 2.54. The van der Waals surface area contributed by atoms with E-state index in [4.69, 9.17) is 19.3 Å². The summed E-state index contributed by atoms with van der Waals surface area (Å²) in [5.41, 5.74) is 0. The van der Waals surface area contributed by atoms with E-state index < -0.39 is 74.6 Å². The quantitative estimate of drug-likeness (QED) is 0.228. The molecule has 11 nitrogen and oxygen atoms in total. The molecule has 2 heterocycles. The molecule has 8 N–H and O–H groups in total. The van der Waals surface area contributed by atoms with Gasteiger partial charge in [-0.2, -0.15) is 0 Å². The lowest BCUT2D eigenvalue weighted by atomic mass is 9.94. The van der Waals surface area contributed by atoms with Crippen LogP contribution in [0.4, 0.5) is 0 Å². The van der Waals surface area contributed by atoms with E-state index in [-0.39, 0.29) is 0 Å². The van der Waals surface area contributed by atoms with E-state index in [2.05, 4.69) is 0 Å². The Morgan fingerprint density at radius 1 is 0.913 bits per heavy atom. The van der Waals surface area contributed by atoms with E-state index in [1.165, 1.54) is 0 Å². The maximum atomic E-state index is 10.3. The van der Waals surface area contributed by atoms with Crippen molar-refractivity contribution < 1.29 is 55.1 Å². The van der Waals surface area contributed by atoms with Crippen LogP contribution in [0.1, 0.15) is 0 Å². The fourth-order valence-corrected chi connectivity index (χ4v) is 2.59. The van der Waals surface area contributed by atoms with Crippen molar-refractivity contribution in [3.63, 3.8) is 0 Å². The second-order valence-corrected chi connectivity index (χ2v) is 5.62. The molecule has 136 valence electrons. The molecular formula is C12H22O11. The van der Waals surface area contributed by atoms with Gasteiger partial charge in [-0.25, -0.2) is 0 Å². The van der Waals surface area contributed by atoms with E-state index in [1.807, 2.05) is 0 Å². The maximum absolute atomic E-state index is 10.3. The van der Waals surface area contributed by atoms with Crippen LogP contribution in [0.25, 0.3) is 0 Å². The number of ether oxygens (including phenoxy) is 3. The minimum atomic E-state index is -2.49. The summed E-state index contributed by atoms with van der Waals surface area (Å²) in [5, 5.41) is 77.2. The first-order valence-corrected chi connectivity index (χ1v) is 7.04. The van der Waals surface area contributed by atoms with Crippen molar-refractivity contribution in [3.05, 3.63) is 0 Å². The van der Waals surface area contributed by atoms with Crippen LogP contribution in [0.3, 0.4) is 0 Å². The number of aliphatic hydroxyl groups excluding tert-OH is 7. The fourth-order valence-electron chi connectivity index (χ4n) is 2.59. The highest BCUT2D eigenvalue weighted by Crippen LogP contribution is 2.31. The van der Waals surface area contributed by atoms with Gasteiger partial charge < -0.3 is 55.1 Å². The minimum absolute atomic E-state index is 0.604. The van der Waals surface area contributed by atoms with Crippen molar-refractivity contribution in [1.82, 2.24) is 0 Å². The molecule has 0 aliphatic carbocycles. The van der Waals surface area contributed by atoms with Crippen molar-refractivity contribution >= 4 is 0 Å². The number of aliphatic hydroxyl groups is 8. The summed E-state index contributed by atoms with van der Waals surface area (Å²) in [7, 11) is 0. The third-order valence-corrected chi connectivity index (χ3v) is 4.03. The largest absolute Gasteiger partial charge is 0.394 e. The Hall–Kier alpha value is -0.440. The summed E-state index contributed by atoms with van der Waals surface area (Å²) >= 11 is 0. The van der Waals surface area contributed by atoms with Gasteiger partial charge in [-0.3, -0.25) is 0 Å². The Labute approximate surface area is 130 Å². The molecule has 2 rings (SSSR count). The smallest absolute Gasteiger partial charge is 0.219 e. The molecule has 0 saturated carbocycles. The van der Waals surface area contributed by atoms with Gasteiger partial charge in [0.2, 0.25) is 5.79 Å². The lowest BCUT2D eigenvalue weighted by molar-refractivity contribution is -0.385. The van der Waals surface area contributed by atoms with Crippen molar-refractivity contribution in [2.45, 2.75) is 54.8 Å². The highest BCUT2D eigenvalue weighted by molar-refractivity contribution is 4.96. The minimum Gasteiger partial charge on any atom is -0.394 e. The number of rotatable bonds is 4. The molecule has 9 unspecified atom stereocenters. The average molecular weight is 342 g/mol. The molecule has 0 aromatic rings. The Morgan fingerprint density at radius 3 is 2.09 bits per heavy atom. The van der Waals surface area contributed by atoms with E-state index in [1.54, 1.807) is 0 Å². The Morgan fingerprint density at radius 2 is 1.52 bits per heavy atom. The summed E-state index contributed by atoms with van der Waals surface area (Å²) in [6.07, 6.45) is -12.8. The summed E-state index contributed by atoms with van der Waals surface area (Å²) in [6, 6.07) is 0. The Bertz CT molecular complexity index is 393. The first-order chi connectivity index (χ1) is 10.7. The lowest BCUT2D eigenvalue weighted by Crippen LogP contribution is -2.68. The van der Waals surface area contributed by atoms with Gasteiger partial charge in [-0.15, -0.1) is 0 Å². The second-order valence-electron chi connectivity index (χ2n) is 5.62. The van der Waals surface area contributed by atoms with Crippen molar-refractivity contribution in [3.8, 4) is 0 Å². The van der Waals surface area contributed by atoms with Crippen molar-refractivity contribution in [1.29, 1.82) is 0 Å². The van der Waals surface area contributed by atoms with Crippen LogP contribution < -0.4 is 0 Å². The standard InChI is InChI=1S/C12H22O11/c13-1-4-6(15)10(18)12(20,3-21-4)23-9-5(2-14)22-11(19)8(17)7(9)16/h4-11,13-20H,1-3H2. The first kappa shape index (κ1) is 18.9. The van der Waals surface area contributed by atoms with Gasteiger partial charge in [-0.05, 0) is 0 Å². The van der Waals surface area contributed by atoms with Crippen LogP contribution in [-0.4, -0.2) is 115 Å². The second kappa shape index (κ2) is 7.21. The zero-order valence-corrected chi connectivity index (χ0v) is 12.0. The van der Waals surface area contributed by atoms with E-state index in [0.29, 0.717) is 0 Å². The molecule has 11 heteroatoms. The van der Waals surface area contributed by atoms with E-state index in [9.17, 15) is 35.7 Å². The SMILES string of the molecule is OCC1OCC(O)(OC2C(CO)OC(O)C(O)C2O)C(O)C1O. The predicted octanol–water partition coefficient (Wildman–Crippen LogP) is -5.40. The van der Waals surface area contributed by atoms with Crippen molar-refractivity contribution in [2.75, 3.05) is 19.8 Å². The normalized spacial score (nSPS) is 51.7. The zero-order valence-electron chi connectivity index (χ0n) is 12.0. The maximum Gasteiger partial charge on any atom is 0.219 e. The van der Waals surface area contributed by atoms with E-state index in [0.717, 1.165) is 0 Å². The summed E-state index contributed by atoms with van der Waals surface area (Å²) in [4.78, 5) is 0. The third-order valence-electron chi connectivity index (χ3n) is 4.03. The Balaban J connectivity index is 2.15. The van der Waals surface area contributed by atoms with Gasteiger partial charge in [0.05, 0.1) is 13.2 Å². The predicted molar refractivity (Wildman–Crippen MR) is 68.6 cm³/mol. The summed E-state index contributed by atoms with van der Waals surface area (Å²) in [5.74, 6) is -2.49. The molecule has 23 heavy (non-hydrogen) atoms. The molecule has 2 saturated heterocycles. The molecule has 0 bridgehead atoms. The molecule has 2 fully saturated rings. The van der Waals surface area contributed by atoms with Crippen LogP contribution >= 0.6 is 0 Å². The fraction of sp³-hybridized carbons (Fsp3) is 1.00. The molecule has 0 radical (unpaired) electrons. The van der Waals surface area contributed by atoms with Crippen LogP contribution in [-0.2, 0) is 14.2 Å². The topological polar surface area (TPSA) is 190 Å². The third kappa shape index (κ3) is 3.50. The highest BCUT2D eigenvalue weighted by atomic mass is 16.7. The molecule has 0 amide bonds. The first-order valence-electron chi connectivity index (χ1n) is 7.04. The Kier molecular flexibility index (Phi) is 5.92. The molecule has 0 aromatic carbocycles. The van der Waals surface area contributed by atoms with Crippen molar-refractivity contribution in [2.24, 2.45) is 0 Å². The van der Waals surface area contributed by atoms with Gasteiger partial charge in [-0.1, -0.05) is 0 Å². The summed E-state index contributed by atoms with van der Waals surface area (Å²) in [6.45, 7) is -1.98. The van der Waals surface area contributed by atoms with Crippen LogP contribution in [0.2, 0.25) is 0 Å². The molecular weight excluding hydrogens is 320 g/mol. The molecule has 2 aliphatic rings. The van der Waals surface area contributed by atoms with Crippen LogP contribution in [0.15, 0.2) is 0 Å². The zero-order chi connectivity index (χ0) is 17.4.